The number of likely N-dealkylation sites (N-methyl/N-ethyl adjacent to an activating group) is 1. The number of amides is 1. The van der Waals surface area contributed by atoms with Crippen LogP contribution in [0.15, 0.2) is 34.9 Å². The van der Waals surface area contributed by atoms with Crippen LogP contribution in [-0.2, 0) is 0 Å². The van der Waals surface area contributed by atoms with Crippen molar-refractivity contribution < 1.29 is 9.21 Å². The second-order valence-corrected chi connectivity index (χ2v) is 4.46. The Morgan fingerprint density at radius 3 is 2.83 bits per heavy atom. The zero-order valence-electron chi connectivity index (χ0n) is 10.1. The molecule has 0 saturated heterocycles. The van der Waals surface area contributed by atoms with Gasteiger partial charge in [-0.05, 0) is 13.0 Å². The molecule has 0 saturated carbocycles. The Hall–Kier alpha value is -1.88. The molecule has 1 aromatic heterocycles. The molecular weight excluding hydrogens is 248 g/mol. The van der Waals surface area contributed by atoms with Gasteiger partial charge in [-0.15, -0.1) is 0 Å². The number of hydrogen-bond donors (Lipinski definition) is 1. The maximum atomic E-state index is 12.3. The Labute approximate surface area is 110 Å². The van der Waals surface area contributed by atoms with Gasteiger partial charge in [0.1, 0.15) is 11.8 Å². The number of fused-ring (bicyclic) bond motifs is 1. The van der Waals surface area contributed by atoms with E-state index < -0.39 is 0 Å². The summed E-state index contributed by atoms with van der Waals surface area (Å²) in [4.78, 5) is 14.2. The number of carbonyl (C=O) groups excluding carboxylic acids is 1. The molecule has 5 heteroatoms. The highest BCUT2D eigenvalue weighted by molar-refractivity contribution is 7.80. The molecule has 2 rings (SSSR count). The number of thiocarbonyl (C=S) groups is 1. The molecule has 1 aromatic carbocycles. The first kappa shape index (κ1) is 12.6. The lowest BCUT2D eigenvalue weighted by atomic mass is 10.1. The molecule has 0 spiro atoms. The molecule has 2 aromatic rings. The molecule has 94 valence electrons. The molecule has 0 fully saturated rings. The highest BCUT2D eigenvalue weighted by Gasteiger charge is 2.19. The molecule has 0 unspecified atom stereocenters. The van der Waals surface area contributed by atoms with Crippen molar-refractivity contribution in [3.8, 4) is 0 Å². The lowest BCUT2D eigenvalue weighted by Crippen LogP contribution is -2.37. The Morgan fingerprint density at radius 1 is 1.44 bits per heavy atom. The lowest BCUT2D eigenvalue weighted by molar-refractivity contribution is 0.0789. The zero-order chi connectivity index (χ0) is 13.1. The number of rotatable bonds is 4. The highest BCUT2D eigenvalue weighted by Crippen LogP contribution is 2.21. The molecule has 0 atom stereocenters. The smallest absolute Gasteiger partial charge is 0.258 e. The maximum Gasteiger partial charge on any atom is 0.258 e. The summed E-state index contributed by atoms with van der Waals surface area (Å²) in [5.41, 5.74) is 6.73. The van der Waals surface area contributed by atoms with Crippen molar-refractivity contribution in [2.75, 3.05) is 13.1 Å². The van der Waals surface area contributed by atoms with Crippen molar-refractivity contribution in [1.82, 2.24) is 4.90 Å². The fourth-order valence-corrected chi connectivity index (χ4v) is 1.98. The van der Waals surface area contributed by atoms with Crippen LogP contribution < -0.4 is 5.73 Å². The third kappa shape index (κ3) is 2.36. The second-order valence-electron chi connectivity index (χ2n) is 3.93. The minimum absolute atomic E-state index is 0.116. The normalized spacial score (nSPS) is 10.5. The standard InChI is InChI=1S/C13H14N2O2S/c1-2-15(7-12(14)18)13(16)10-8-17-11-6-4-3-5-9(10)11/h3-6,8H,2,7H2,1H3,(H2,14,18). The SMILES string of the molecule is CCN(CC(N)=S)C(=O)c1coc2ccccc12. The topological polar surface area (TPSA) is 59.5 Å². The Kier molecular flexibility index (Phi) is 3.62. The summed E-state index contributed by atoms with van der Waals surface area (Å²) in [6.45, 7) is 2.72. The molecule has 2 N–H and O–H groups in total. The summed E-state index contributed by atoms with van der Waals surface area (Å²) in [7, 11) is 0. The number of benzene rings is 1. The van der Waals surface area contributed by atoms with Crippen molar-refractivity contribution in [2.24, 2.45) is 5.73 Å². The van der Waals surface area contributed by atoms with Crippen LogP contribution in [0.1, 0.15) is 17.3 Å². The van der Waals surface area contributed by atoms with Crippen LogP contribution in [0.5, 0.6) is 0 Å². The van der Waals surface area contributed by atoms with Gasteiger partial charge in [0.05, 0.1) is 17.1 Å². The summed E-state index contributed by atoms with van der Waals surface area (Å²) >= 11 is 4.84. The summed E-state index contributed by atoms with van der Waals surface area (Å²) in [5, 5.41) is 0.809. The van der Waals surface area contributed by atoms with Crippen molar-refractivity contribution in [3.05, 3.63) is 36.1 Å². The minimum Gasteiger partial charge on any atom is -0.463 e. The summed E-state index contributed by atoms with van der Waals surface area (Å²) in [6, 6.07) is 7.43. The molecule has 0 aliphatic carbocycles. The van der Waals surface area contributed by atoms with Gasteiger partial charge in [-0.3, -0.25) is 4.79 Å². The number of furan rings is 1. The van der Waals surface area contributed by atoms with Crippen LogP contribution in [0.3, 0.4) is 0 Å². The van der Waals surface area contributed by atoms with Crippen LogP contribution in [0.2, 0.25) is 0 Å². The maximum absolute atomic E-state index is 12.3. The number of nitrogens with two attached hydrogens (primary N) is 1. The highest BCUT2D eigenvalue weighted by atomic mass is 32.1. The molecule has 0 aliphatic heterocycles. The quantitative estimate of drug-likeness (QED) is 0.858. The van der Waals surface area contributed by atoms with E-state index in [4.69, 9.17) is 22.4 Å². The van der Waals surface area contributed by atoms with E-state index in [0.717, 1.165) is 5.39 Å². The first-order chi connectivity index (χ1) is 8.63. The molecule has 0 aliphatic rings. The second kappa shape index (κ2) is 5.18. The van der Waals surface area contributed by atoms with E-state index in [0.29, 0.717) is 22.7 Å². The van der Waals surface area contributed by atoms with Gasteiger partial charge in [0.15, 0.2) is 0 Å². The largest absolute Gasteiger partial charge is 0.463 e. The number of hydrogen-bond acceptors (Lipinski definition) is 3. The van der Waals surface area contributed by atoms with E-state index in [1.165, 1.54) is 6.26 Å². The molecule has 4 nitrogen and oxygen atoms in total. The first-order valence-electron chi connectivity index (χ1n) is 5.67. The van der Waals surface area contributed by atoms with Gasteiger partial charge in [-0.1, -0.05) is 30.4 Å². The van der Waals surface area contributed by atoms with Crippen LogP contribution in [0.4, 0.5) is 0 Å². The van der Waals surface area contributed by atoms with Gasteiger partial charge in [-0.2, -0.15) is 0 Å². The lowest BCUT2D eigenvalue weighted by Gasteiger charge is -2.19. The fourth-order valence-electron chi connectivity index (χ4n) is 1.83. The van der Waals surface area contributed by atoms with E-state index in [1.54, 1.807) is 4.90 Å². The van der Waals surface area contributed by atoms with E-state index >= 15 is 0 Å². The first-order valence-corrected chi connectivity index (χ1v) is 6.08. The third-order valence-electron chi connectivity index (χ3n) is 2.73. The third-order valence-corrected chi connectivity index (χ3v) is 2.86. The summed E-state index contributed by atoms with van der Waals surface area (Å²) in [6.07, 6.45) is 1.48. The molecule has 18 heavy (non-hydrogen) atoms. The van der Waals surface area contributed by atoms with Crippen molar-refractivity contribution in [3.63, 3.8) is 0 Å². The average molecular weight is 262 g/mol. The molecule has 1 heterocycles. The van der Waals surface area contributed by atoms with Crippen molar-refractivity contribution in [1.29, 1.82) is 0 Å². The van der Waals surface area contributed by atoms with E-state index in [9.17, 15) is 4.79 Å². The van der Waals surface area contributed by atoms with Crippen LogP contribution >= 0.6 is 12.2 Å². The van der Waals surface area contributed by atoms with E-state index in [1.807, 2.05) is 31.2 Å². The monoisotopic (exact) mass is 262 g/mol. The van der Waals surface area contributed by atoms with Gasteiger partial charge in [0, 0.05) is 11.9 Å². The molecule has 1 amide bonds. The van der Waals surface area contributed by atoms with Crippen LogP contribution in [-0.4, -0.2) is 28.9 Å². The number of nitrogens with zero attached hydrogens (tertiary/aromatic N) is 1. The zero-order valence-corrected chi connectivity index (χ0v) is 10.9. The van der Waals surface area contributed by atoms with Crippen LogP contribution in [0.25, 0.3) is 11.0 Å². The van der Waals surface area contributed by atoms with Gasteiger partial charge in [0.25, 0.3) is 5.91 Å². The van der Waals surface area contributed by atoms with E-state index in [2.05, 4.69) is 0 Å². The minimum atomic E-state index is -0.116. The van der Waals surface area contributed by atoms with Gasteiger partial charge >= 0.3 is 0 Å². The molecule has 0 radical (unpaired) electrons. The van der Waals surface area contributed by atoms with E-state index in [-0.39, 0.29) is 12.5 Å². The van der Waals surface area contributed by atoms with Crippen molar-refractivity contribution in [2.45, 2.75) is 6.92 Å². The Bertz CT molecular complexity index is 591. The number of carbonyl (C=O) groups is 1. The predicted octanol–water partition coefficient (Wildman–Crippen LogP) is 2.18. The van der Waals surface area contributed by atoms with Gasteiger partial charge < -0.3 is 15.1 Å². The Morgan fingerprint density at radius 2 is 2.17 bits per heavy atom. The molecule has 0 bridgehead atoms. The number of para-hydroxylation sites is 1. The average Bonchev–Trinajstić information content (AvgIpc) is 2.78. The van der Waals surface area contributed by atoms with Crippen LogP contribution in [0, 0.1) is 0 Å². The van der Waals surface area contributed by atoms with Gasteiger partial charge in [-0.25, -0.2) is 0 Å². The fraction of sp³-hybridized carbons (Fsp3) is 0.231. The van der Waals surface area contributed by atoms with Crippen molar-refractivity contribution >= 4 is 34.1 Å². The predicted molar refractivity (Wildman–Crippen MR) is 74.6 cm³/mol. The molecular formula is C13H14N2O2S. The summed E-state index contributed by atoms with van der Waals surface area (Å²) < 4.78 is 5.36. The Balaban J connectivity index is 2.35. The van der Waals surface area contributed by atoms with Gasteiger partial charge in [0.2, 0.25) is 0 Å². The summed E-state index contributed by atoms with van der Waals surface area (Å²) in [5.74, 6) is -0.116.